The van der Waals surface area contributed by atoms with E-state index in [9.17, 15) is 9.59 Å². The van der Waals surface area contributed by atoms with Crippen LogP contribution in [-0.2, 0) is 33.6 Å². The molecule has 1 heterocycles. The zero-order chi connectivity index (χ0) is 23.6. The van der Waals surface area contributed by atoms with Crippen molar-refractivity contribution >= 4 is 17.4 Å². The first-order valence-corrected chi connectivity index (χ1v) is 10.6. The maximum atomic E-state index is 12.9. The fourth-order valence-corrected chi connectivity index (χ4v) is 3.41. The lowest BCUT2D eigenvalue weighted by Gasteiger charge is -2.13. The number of ether oxygens (including phenoxy) is 2. The van der Waals surface area contributed by atoms with E-state index >= 15 is 0 Å². The van der Waals surface area contributed by atoms with Crippen LogP contribution < -0.4 is 4.74 Å². The maximum absolute atomic E-state index is 12.9. The highest BCUT2D eigenvalue weighted by molar-refractivity contribution is 5.81. The molecule has 0 N–H and O–H groups in total. The van der Waals surface area contributed by atoms with Crippen molar-refractivity contribution in [3.8, 4) is 5.75 Å². The molecule has 0 saturated carbocycles. The van der Waals surface area contributed by atoms with E-state index in [1.54, 1.807) is 38.3 Å². The van der Waals surface area contributed by atoms with Crippen LogP contribution in [0.15, 0.2) is 53.1 Å². The summed E-state index contributed by atoms with van der Waals surface area (Å²) in [5.74, 6) is 0.518. The van der Waals surface area contributed by atoms with E-state index in [4.69, 9.17) is 20.6 Å². The number of hydrogen-bond donors (Lipinski definition) is 0. The van der Waals surface area contributed by atoms with Crippen molar-refractivity contribution in [3.63, 3.8) is 0 Å². The number of aromatic nitrogens is 2. The van der Waals surface area contributed by atoms with Crippen LogP contribution >= 0.6 is 0 Å². The molecule has 0 aliphatic carbocycles. The number of carbonyl (C=O) groups excluding carboxylic acids is 2. The Morgan fingerprint density at radius 1 is 1.06 bits per heavy atom. The lowest BCUT2D eigenvalue weighted by molar-refractivity contribution is -0.142. The maximum Gasteiger partial charge on any atom is 0.315 e. The summed E-state index contributed by atoms with van der Waals surface area (Å²) in [6.07, 6.45) is 0.849. The van der Waals surface area contributed by atoms with Crippen molar-refractivity contribution < 1.29 is 23.6 Å². The van der Waals surface area contributed by atoms with Crippen LogP contribution in [0.25, 0.3) is 4.85 Å². The molecule has 0 fully saturated rings. The van der Waals surface area contributed by atoms with E-state index in [1.165, 1.54) is 0 Å². The van der Waals surface area contributed by atoms with Crippen LogP contribution in [0, 0.1) is 6.57 Å². The zero-order valence-corrected chi connectivity index (χ0v) is 18.6. The first-order chi connectivity index (χ1) is 16.0. The quantitative estimate of drug-likeness (QED) is 0.320. The lowest BCUT2D eigenvalue weighted by Crippen LogP contribution is -2.14. The van der Waals surface area contributed by atoms with Crippen molar-refractivity contribution in [2.75, 3.05) is 13.7 Å². The van der Waals surface area contributed by atoms with Gasteiger partial charge >= 0.3 is 5.97 Å². The second-order valence-corrected chi connectivity index (χ2v) is 7.48. The SMILES string of the molecule is [C-]#[N+]c1ccc(CC(=O)C[C@@H](Cc2ccc(OC)cc2)c2noc(CC(=O)OCC)n2)cc1. The fourth-order valence-electron chi connectivity index (χ4n) is 3.41. The van der Waals surface area contributed by atoms with Gasteiger partial charge in [-0.25, -0.2) is 4.85 Å². The molecule has 3 rings (SSSR count). The van der Waals surface area contributed by atoms with Crippen molar-refractivity contribution in [3.05, 3.63) is 82.8 Å². The van der Waals surface area contributed by atoms with E-state index in [2.05, 4.69) is 15.0 Å². The molecule has 0 bridgehead atoms. The predicted octanol–water partition coefficient (Wildman–Crippen LogP) is 4.26. The lowest BCUT2D eigenvalue weighted by atomic mass is 9.91. The monoisotopic (exact) mass is 447 g/mol. The predicted molar refractivity (Wildman–Crippen MR) is 120 cm³/mol. The minimum Gasteiger partial charge on any atom is -0.497 e. The summed E-state index contributed by atoms with van der Waals surface area (Å²) in [7, 11) is 1.60. The average molecular weight is 447 g/mol. The summed E-state index contributed by atoms with van der Waals surface area (Å²) in [5, 5.41) is 4.04. The van der Waals surface area contributed by atoms with Gasteiger partial charge in [0, 0.05) is 18.8 Å². The van der Waals surface area contributed by atoms with Crippen LogP contribution in [-0.4, -0.2) is 35.6 Å². The number of ketones is 1. The number of rotatable bonds is 11. The second kappa shape index (κ2) is 11.6. The number of esters is 1. The molecule has 2 aromatic carbocycles. The summed E-state index contributed by atoms with van der Waals surface area (Å²) in [4.78, 5) is 32.3. The third kappa shape index (κ3) is 7.01. The molecule has 0 aliphatic heterocycles. The molecular formula is C25H25N3O5. The Balaban J connectivity index is 1.75. The van der Waals surface area contributed by atoms with Crippen molar-refractivity contribution in [1.82, 2.24) is 10.1 Å². The normalized spacial score (nSPS) is 11.4. The summed E-state index contributed by atoms with van der Waals surface area (Å²) in [6, 6.07) is 14.5. The van der Waals surface area contributed by atoms with Gasteiger partial charge in [-0.2, -0.15) is 4.98 Å². The number of benzene rings is 2. The van der Waals surface area contributed by atoms with Crippen molar-refractivity contribution in [2.45, 2.75) is 38.5 Å². The first-order valence-electron chi connectivity index (χ1n) is 10.6. The Bertz CT molecular complexity index is 1110. The molecule has 0 amide bonds. The van der Waals surface area contributed by atoms with Gasteiger partial charge in [0.1, 0.15) is 18.0 Å². The fraction of sp³-hybridized carbons (Fsp3) is 0.320. The minimum atomic E-state index is -0.446. The standard InChI is InChI=1S/C25H25N3O5/c1-4-32-24(30)16-23-27-25(28-33-23)19(13-17-7-11-22(31-3)12-8-17)15-21(29)14-18-5-9-20(26-2)10-6-18/h5-12,19H,4,13-16H2,1,3H3/t19-/m1/s1. The zero-order valence-electron chi connectivity index (χ0n) is 18.6. The molecule has 0 saturated heterocycles. The Morgan fingerprint density at radius 2 is 1.76 bits per heavy atom. The van der Waals surface area contributed by atoms with Gasteiger partial charge in [0.2, 0.25) is 5.89 Å². The van der Waals surface area contributed by atoms with Gasteiger partial charge in [0.25, 0.3) is 0 Å². The van der Waals surface area contributed by atoms with E-state index < -0.39 is 5.97 Å². The molecule has 1 aromatic heterocycles. The summed E-state index contributed by atoms with van der Waals surface area (Å²) in [5.41, 5.74) is 2.36. The molecule has 0 radical (unpaired) electrons. The second-order valence-electron chi connectivity index (χ2n) is 7.48. The molecular weight excluding hydrogens is 422 g/mol. The van der Waals surface area contributed by atoms with Gasteiger partial charge in [-0.15, -0.1) is 0 Å². The van der Waals surface area contributed by atoms with Crippen molar-refractivity contribution in [2.24, 2.45) is 0 Å². The van der Waals surface area contributed by atoms with E-state index in [1.807, 2.05) is 24.3 Å². The highest BCUT2D eigenvalue weighted by Gasteiger charge is 2.23. The molecule has 8 heteroatoms. The molecule has 1 atom stereocenters. The highest BCUT2D eigenvalue weighted by atomic mass is 16.5. The van der Waals surface area contributed by atoms with Crippen LogP contribution in [0.2, 0.25) is 0 Å². The Kier molecular flexibility index (Phi) is 8.30. The molecule has 170 valence electrons. The van der Waals surface area contributed by atoms with Crippen LogP contribution in [0.5, 0.6) is 5.75 Å². The van der Waals surface area contributed by atoms with Gasteiger partial charge in [0.15, 0.2) is 11.5 Å². The molecule has 0 spiro atoms. The van der Waals surface area contributed by atoms with Crippen molar-refractivity contribution in [1.29, 1.82) is 0 Å². The summed E-state index contributed by atoms with van der Waals surface area (Å²) in [6.45, 7) is 9.04. The minimum absolute atomic E-state index is 0.0146. The summed E-state index contributed by atoms with van der Waals surface area (Å²) >= 11 is 0. The number of carbonyl (C=O) groups is 2. The van der Waals surface area contributed by atoms with Gasteiger partial charge in [-0.1, -0.05) is 41.6 Å². The number of Topliss-reactive ketones (excluding diaryl/α,β-unsaturated/α-hetero) is 1. The van der Waals surface area contributed by atoms with E-state index in [0.717, 1.165) is 16.9 Å². The molecule has 0 unspecified atom stereocenters. The van der Waals surface area contributed by atoms with Crippen LogP contribution in [0.3, 0.4) is 0 Å². The molecule has 33 heavy (non-hydrogen) atoms. The van der Waals surface area contributed by atoms with Gasteiger partial charge < -0.3 is 14.0 Å². The average Bonchev–Trinajstić information content (AvgIpc) is 3.28. The largest absolute Gasteiger partial charge is 0.497 e. The number of hydrogen-bond acceptors (Lipinski definition) is 7. The topological polar surface area (TPSA) is 95.9 Å². The third-order valence-corrected chi connectivity index (χ3v) is 5.03. The van der Waals surface area contributed by atoms with Gasteiger partial charge in [0.05, 0.1) is 20.3 Å². The van der Waals surface area contributed by atoms with E-state index in [0.29, 0.717) is 17.9 Å². The number of nitrogens with zero attached hydrogens (tertiary/aromatic N) is 3. The van der Waals surface area contributed by atoms with E-state index in [-0.39, 0.29) is 43.5 Å². The van der Waals surface area contributed by atoms with Gasteiger partial charge in [-0.3, -0.25) is 9.59 Å². The summed E-state index contributed by atoms with van der Waals surface area (Å²) < 4.78 is 15.4. The first kappa shape index (κ1) is 23.7. The molecule has 0 aliphatic rings. The Morgan fingerprint density at radius 3 is 2.39 bits per heavy atom. The molecule has 3 aromatic rings. The third-order valence-electron chi connectivity index (χ3n) is 5.03. The Labute approximate surface area is 192 Å². The van der Waals surface area contributed by atoms with Crippen LogP contribution in [0.1, 0.15) is 42.1 Å². The molecule has 8 nitrogen and oxygen atoms in total. The Hall–Kier alpha value is -3.99. The smallest absolute Gasteiger partial charge is 0.315 e. The van der Waals surface area contributed by atoms with Gasteiger partial charge in [-0.05, 0) is 36.6 Å². The highest BCUT2D eigenvalue weighted by Crippen LogP contribution is 2.25. The number of methoxy groups -OCH3 is 1. The van der Waals surface area contributed by atoms with Crippen LogP contribution in [0.4, 0.5) is 5.69 Å².